The number of hydrogen-bond donors (Lipinski definition) is 4. The van der Waals surface area contributed by atoms with Crippen molar-refractivity contribution < 1.29 is 14.5 Å². The van der Waals surface area contributed by atoms with E-state index in [0.29, 0.717) is 6.42 Å². The number of piperidine rings is 1. The molecule has 7 heteroatoms. The van der Waals surface area contributed by atoms with Crippen LogP contribution in [-0.2, 0) is 9.59 Å². The Balaban J connectivity index is 1.61. The normalized spacial score (nSPS) is 14.9. The van der Waals surface area contributed by atoms with E-state index in [1.807, 2.05) is 30.3 Å². The Kier molecular flexibility index (Phi) is 8.08. The Hall–Kier alpha value is -2.25. The van der Waals surface area contributed by atoms with E-state index in [-0.39, 0.29) is 16.9 Å². The van der Waals surface area contributed by atoms with Crippen LogP contribution in [0, 0.1) is 0 Å². The third-order valence-corrected chi connectivity index (χ3v) is 4.25. The van der Waals surface area contributed by atoms with Crippen LogP contribution in [0.15, 0.2) is 36.4 Å². The summed E-state index contributed by atoms with van der Waals surface area (Å²) in [6, 6.07) is 9.48. The molecule has 2 amide bonds. The molecule has 134 valence electrons. The van der Waals surface area contributed by atoms with Crippen molar-refractivity contribution in [3.8, 4) is 0 Å². The van der Waals surface area contributed by atoms with Gasteiger partial charge in [0.25, 0.3) is 0 Å². The van der Waals surface area contributed by atoms with Crippen molar-refractivity contribution in [1.29, 1.82) is 0 Å². The molecule has 1 saturated heterocycles. The lowest BCUT2D eigenvalue weighted by Crippen LogP contribution is -3.12. The maximum absolute atomic E-state index is 11.8. The highest BCUT2D eigenvalue weighted by Crippen LogP contribution is 2.00. The average Bonchev–Trinajstić information content (AvgIpc) is 2.65. The van der Waals surface area contributed by atoms with Crippen LogP contribution in [0.5, 0.6) is 0 Å². The molecule has 0 radical (unpaired) electrons. The first kappa shape index (κ1) is 19.1. The fraction of sp³-hybridized carbons (Fsp3) is 0.389. The smallest absolute Gasteiger partial charge is 0.250 e. The molecule has 1 aliphatic rings. The van der Waals surface area contributed by atoms with Crippen LogP contribution in [0.1, 0.15) is 31.2 Å². The van der Waals surface area contributed by atoms with E-state index in [2.05, 4.69) is 16.2 Å². The Bertz CT molecular complexity index is 613. The molecule has 1 aromatic rings. The minimum atomic E-state index is -0.353. The van der Waals surface area contributed by atoms with Crippen molar-refractivity contribution >= 4 is 35.2 Å². The number of carbonyl (C=O) groups excluding carboxylic acids is 2. The minimum Gasteiger partial charge on any atom is -0.335 e. The van der Waals surface area contributed by atoms with Crippen molar-refractivity contribution in [3.63, 3.8) is 0 Å². The number of nitrogens with one attached hydrogen (secondary N) is 4. The van der Waals surface area contributed by atoms with Crippen molar-refractivity contribution in [2.75, 3.05) is 19.6 Å². The summed E-state index contributed by atoms with van der Waals surface area (Å²) in [5, 5.41) is 2.56. The summed E-state index contributed by atoms with van der Waals surface area (Å²) in [7, 11) is 0. The fourth-order valence-corrected chi connectivity index (χ4v) is 2.85. The van der Waals surface area contributed by atoms with Gasteiger partial charge in [-0.1, -0.05) is 30.3 Å². The topological polar surface area (TPSA) is 74.7 Å². The summed E-state index contributed by atoms with van der Waals surface area (Å²) in [5.41, 5.74) is 6.00. The molecule has 1 aliphatic heterocycles. The van der Waals surface area contributed by atoms with Gasteiger partial charge in [-0.05, 0) is 43.1 Å². The Morgan fingerprint density at radius 3 is 2.52 bits per heavy atom. The number of likely N-dealkylation sites (tertiary alicyclic amines) is 1. The number of carbonyl (C=O) groups is 2. The maximum atomic E-state index is 11.8. The average molecular weight is 361 g/mol. The van der Waals surface area contributed by atoms with E-state index < -0.39 is 0 Å². The molecule has 0 aliphatic carbocycles. The van der Waals surface area contributed by atoms with Gasteiger partial charge in [-0.2, -0.15) is 0 Å². The van der Waals surface area contributed by atoms with Gasteiger partial charge in [-0.15, -0.1) is 0 Å². The van der Waals surface area contributed by atoms with Crippen LogP contribution < -0.4 is 21.1 Å². The van der Waals surface area contributed by atoms with E-state index in [4.69, 9.17) is 12.2 Å². The number of benzene rings is 1. The van der Waals surface area contributed by atoms with Crippen molar-refractivity contribution in [1.82, 2.24) is 16.2 Å². The molecule has 1 aromatic carbocycles. The molecule has 2 rings (SSSR count). The number of hydrogen-bond acceptors (Lipinski definition) is 3. The second-order valence-electron chi connectivity index (χ2n) is 6.05. The predicted octanol–water partition coefficient (Wildman–Crippen LogP) is 0.181. The largest absolute Gasteiger partial charge is 0.335 e. The van der Waals surface area contributed by atoms with Gasteiger partial charge >= 0.3 is 0 Å². The Labute approximate surface area is 153 Å². The summed E-state index contributed by atoms with van der Waals surface area (Å²) < 4.78 is 0. The quantitative estimate of drug-likeness (QED) is 0.343. The molecule has 0 bridgehead atoms. The van der Waals surface area contributed by atoms with E-state index in [9.17, 15) is 9.59 Å². The molecule has 0 atom stereocenters. The second kappa shape index (κ2) is 10.6. The SMILES string of the molecule is O=C(/C=C/c1ccccc1)NC(=S)NNC(=O)CC[NH+]1CCCCC1. The Morgan fingerprint density at radius 2 is 1.80 bits per heavy atom. The van der Waals surface area contributed by atoms with Crippen LogP contribution in [0.4, 0.5) is 0 Å². The van der Waals surface area contributed by atoms with Crippen LogP contribution >= 0.6 is 12.2 Å². The molecule has 0 unspecified atom stereocenters. The third-order valence-electron chi connectivity index (χ3n) is 4.05. The molecule has 0 saturated carbocycles. The zero-order chi connectivity index (χ0) is 17.9. The molecule has 0 aromatic heterocycles. The highest BCUT2D eigenvalue weighted by atomic mass is 32.1. The first-order valence-electron chi connectivity index (χ1n) is 8.60. The van der Waals surface area contributed by atoms with Gasteiger partial charge in [0.15, 0.2) is 5.11 Å². The zero-order valence-corrected chi connectivity index (χ0v) is 15.0. The van der Waals surface area contributed by atoms with Crippen LogP contribution in [0.25, 0.3) is 6.08 Å². The molecule has 4 N–H and O–H groups in total. The van der Waals surface area contributed by atoms with E-state index in [1.54, 1.807) is 6.08 Å². The minimum absolute atomic E-state index is 0.0707. The molecule has 1 heterocycles. The zero-order valence-electron chi connectivity index (χ0n) is 14.2. The fourth-order valence-electron chi connectivity index (χ4n) is 2.70. The summed E-state index contributed by atoms with van der Waals surface area (Å²) in [6.45, 7) is 3.11. The number of hydrazine groups is 1. The number of thiocarbonyl (C=S) groups is 1. The molecular weight excluding hydrogens is 336 g/mol. The van der Waals surface area contributed by atoms with Gasteiger partial charge in [-0.25, -0.2) is 0 Å². The van der Waals surface area contributed by atoms with Gasteiger partial charge in [0, 0.05) is 6.08 Å². The van der Waals surface area contributed by atoms with Crippen LogP contribution in [0.2, 0.25) is 0 Å². The summed E-state index contributed by atoms with van der Waals surface area (Å²) in [4.78, 5) is 25.1. The summed E-state index contributed by atoms with van der Waals surface area (Å²) in [5.74, 6) is -0.483. The number of rotatable bonds is 5. The monoisotopic (exact) mass is 361 g/mol. The van der Waals surface area contributed by atoms with E-state index >= 15 is 0 Å². The van der Waals surface area contributed by atoms with Gasteiger partial charge in [0.1, 0.15) is 0 Å². The third kappa shape index (κ3) is 7.91. The molecule has 6 nitrogen and oxygen atoms in total. The molecule has 0 spiro atoms. The highest BCUT2D eigenvalue weighted by Gasteiger charge is 2.14. The number of quaternary nitrogens is 1. The van der Waals surface area contributed by atoms with Gasteiger partial charge in [-0.3, -0.25) is 25.8 Å². The second-order valence-corrected chi connectivity index (χ2v) is 6.45. The van der Waals surface area contributed by atoms with Crippen molar-refractivity contribution in [2.45, 2.75) is 25.7 Å². The Morgan fingerprint density at radius 1 is 1.08 bits per heavy atom. The highest BCUT2D eigenvalue weighted by molar-refractivity contribution is 7.80. The molecule has 1 fully saturated rings. The standard InChI is InChI=1S/C18H24N4O2S/c23-16(10-9-15-7-3-1-4-8-15)19-18(25)21-20-17(24)11-14-22-12-5-2-6-13-22/h1,3-4,7-10H,2,5-6,11-14H2,(H,20,24)(H2,19,21,23,25)/p+1/b10-9+. The van der Waals surface area contributed by atoms with E-state index in [1.165, 1.54) is 30.2 Å². The van der Waals surface area contributed by atoms with Gasteiger partial charge < -0.3 is 4.90 Å². The maximum Gasteiger partial charge on any atom is 0.250 e. The first-order valence-corrected chi connectivity index (χ1v) is 9.01. The van der Waals surface area contributed by atoms with Gasteiger partial charge in [0.05, 0.1) is 26.1 Å². The van der Waals surface area contributed by atoms with Crippen LogP contribution in [-0.4, -0.2) is 36.6 Å². The van der Waals surface area contributed by atoms with Crippen LogP contribution in [0.3, 0.4) is 0 Å². The summed E-state index contributed by atoms with van der Waals surface area (Å²) >= 11 is 4.99. The number of amides is 2. The lowest BCUT2D eigenvalue weighted by Gasteiger charge is -2.23. The predicted molar refractivity (Wildman–Crippen MR) is 102 cm³/mol. The molecule has 25 heavy (non-hydrogen) atoms. The van der Waals surface area contributed by atoms with Gasteiger partial charge in [0.2, 0.25) is 11.8 Å². The lowest BCUT2D eigenvalue weighted by atomic mass is 10.1. The van der Waals surface area contributed by atoms with Crippen molar-refractivity contribution in [3.05, 3.63) is 42.0 Å². The molecular formula is C18H25N4O2S+. The lowest BCUT2D eigenvalue weighted by molar-refractivity contribution is -0.904. The van der Waals surface area contributed by atoms with Crippen molar-refractivity contribution in [2.24, 2.45) is 0 Å². The summed E-state index contributed by atoms with van der Waals surface area (Å²) in [6.07, 6.45) is 7.29. The first-order chi connectivity index (χ1) is 12.1. The van der Waals surface area contributed by atoms with E-state index in [0.717, 1.165) is 25.2 Å².